The van der Waals surface area contributed by atoms with Crippen LogP contribution >= 0.6 is 0 Å². The Morgan fingerprint density at radius 1 is 0.400 bits per heavy atom. The van der Waals surface area contributed by atoms with Gasteiger partial charge in [0.05, 0.1) is 0 Å². The van der Waals surface area contributed by atoms with Crippen LogP contribution in [-0.2, 0) is 0 Å². The molecule has 0 N–H and O–H groups in total. The Balaban J connectivity index is 0.00000147. The topological polar surface area (TPSA) is 3.24 Å². The Kier molecular flexibility index (Phi) is 4.70. The van der Waals surface area contributed by atoms with E-state index in [4.69, 9.17) is 0 Å². The molecule has 3 rings (SSSR count). The predicted molar refractivity (Wildman–Crippen MR) is 89.7 cm³/mol. The zero-order chi connectivity index (χ0) is 12.9. The molecule has 0 aliphatic carbocycles. The molecule has 0 aromatic heterocycles. The molecule has 0 unspecified atom stereocenters. The van der Waals surface area contributed by atoms with Gasteiger partial charge >= 0.3 is 10.1 Å². The smallest absolute Gasteiger partial charge is 0.0461 e. The summed E-state index contributed by atoms with van der Waals surface area (Å²) in [5.74, 6) is 0. The molecule has 0 amide bonds. The largest absolute Gasteiger partial charge is 0.311 e. The summed E-state index contributed by atoms with van der Waals surface area (Å²) in [5.41, 5.74) is 3.50. The third kappa shape index (κ3) is 2.96. The van der Waals surface area contributed by atoms with Crippen molar-refractivity contribution < 1.29 is 0 Å². The van der Waals surface area contributed by atoms with Crippen LogP contribution in [-0.4, -0.2) is 10.1 Å². The van der Waals surface area contributed by atoms with Crippen molar-refractivity contribution in [3.8, 4) is 0 Å². The van der Waals surface area contributed by atoms with Gasteiger partial charge in [-0.15, -0.1) is 0 Å². The van der Waals surface area contributed by atoms with Crippen LogP contribution in [0.4, 0.5) is 17.1 Å². The number of hydrogen-bond acceptors (Lipinski definition) is 1. The van der Waals surface area contributed by atoms with E-state index in [0.717, 1.165) is 0 Å². The fourth-order valence-electron chi connectivity index (χ4n) is 2.18. The van der Waals surface area contributed by atoms with Crippen LogP contribution in [0.2, 0.25) is 0 Å². The second-order valence-corrected chi connectivity index (χ2v) is 4.34. The average Bonchev–Trinajstić information content (AvgIpc) is 2.51. The van der Waals surface area contributed by atoms with E-state index >= 15 is 0 Å². The molecule has 0 bridgehead atoms. The zero-order valence-electron chi connectivity index (χ0n) is 10.6. The van der Waals surface area contributed by atoms with E-state index in [2.05, 4.69) is 77.7 Å². The first-order valence-corrected chi connectivity index (χ1v) is 6.40. The first-order chi connectivity index (χ1) is 9.45. The van der Waals surface area contributed by atoms with Gasteiger partial charge in [0.15, 0.2) is 0 Å². The number of nitrogens with zero attached hydrogens (tertiary/aromatic N) is 1. The molecule has 0 aliphatic heterocycles. The molecule has 3 aromatic rings. The van der Waals surface area contributed by atoms with Gasteiger partial charge in [0.25, 0.3) is 0 Å². The summed E-state index contributed by atoms with van der Waals surface area (Å²) in [6.45, 7) is 0. The molecule has 0 atom stereocenters. The SMILES string of the molecule is [BeH2].c1ccc(N(c2ccccc2)c2ccccc2)cc1. The zero-order valence-corrected chi connectivity index (χ0v) is 10.6. The molecule has 0 heterocycles. The van der Waals surface area contributed by atoms with Gasteiger partial charge in [0, 0.05) is 17.1 Å². The van der Waals surface area contributed by atoms with Crippen molar-refractivity contribution in [2.45, 2.75) is 0 Å². The van der Waals surface area contributed by atoms with E-state index in [-0.39, 0.29) is 10.1 Å². The Bertz CT molecular complexity index is 529. The van der Waals surface area contributed by atoms with Gasteiger partial charge in [0.1, 0.15) is 0 Å². The molecule has 3 aromatic carbocycles. The Hall–Kier alpha value is -2.37. The number of benzene rings is 3. The molecule has 0 saturated carbocycles. The van der Waals surface area contributed by atoms with Gasteiger partial charge in [-0.2, -0.15) is 0 Å². The summed E-state index contributed by atoms with van der Waals surface area (Å²) >= 11 is 0. The molecule has 0 fully saturated rings. The van der Waals surface area contributed by atoms with Crippen LogP contribution in [0, 0.1) is 0 Å². The Morgan fingerprint density at radius 3 is 0.900 bits per heavy atom. The number of para-hydroxylation sites is 3. The van der Waals surface area contributed by atoms with Gasteiger partial charge in [0.2, 0.25) is 0 Å². The molecule has 2 heteroatoms. The molecule has 0 radical (unpaired) electrons. The molecule has 0 aliphatic rings. The molecule has 0 saturated heterocycles. The van der Waals surface area contributed by atoms with Crippen molar-refractivity contribution in [1.82, 2.24) is 0 Å². The standard InChI is InChI=1S/C18H15N.Be.2H/c1-4-10-16(11-5-1)19(17-12-6-2-7-13-17)18-14-8-3-9-15-18;;;/h1-15H;;;. The Morgan fingerprint density at radius 2 is 0.650 bits per heavy atom. The summed E-state index contributed by atoms with van der Waals surface area (Å²) in [7, 11) is 0. The minimum atomic E-state index is 0. The fraction of sp³-hybridized carbons (Fsp3) is 0. The first kappa shape index (κ1) is 14.0. The summed E-state index contributed by atoms with van der Waals surface area (Å²) in [6, 6.07) is 31.3. The average molecular weight is 256 g/mol. The summed E-state index contributed by atoms with van der Waals surface area (Å²) in [5, 5.41) is 0. The van der Waals surface area contributed by atoms with Gasteiger partial charge in [-0.3, -0.25) is 0 Å². The third-order valence-corrected chi connectivity index (χ3v) is 3.04. The van der Waals surface area contributed by atoms with Crippen molar-refractivity contribution in [2.24, 2.45) is 0 Å². The van der Waals surface area contributed by atoms with E-state index in [9.17, 15) is 0 Å². The van der Waals surface area contributed by atoms with Crippen LogP contribution in [0.25, 0.3) is 0 Å². The summed E-state index contributed by atoms with van der Waals surface area (Å²) in [4.78, 5) is 2.25. The number of anilines is 3. The first-order valence-electron chi connectivity index (χ1n) is 6.40. The third-order valence-electron chi connectivity index (χ3n) is 3.04. The minimum Gasteiger partial charge on any atom is -0.311 e. The summed E-state index contributed by atoms with van der Waals surface area (Å²) < 4.78 is 0. The van der Waals surface area contributed by atoms with Crippen LogP contribution < -0.4 is 4.90 Å². The van der Waals surface area contributed by atoms with Crippen molar-refractivity contribution in [3.05, 3.63) is 91.0 Å². The van der Waals surface area contributed by atoms with Gasteiger partial charge in [-0.1, -0.05) is 54.6 Å². The molecule has 96 valence electrons. The fourth-order valence-corrected chi connectivity index (χ4v) is 2.18. The van der Waals surface area contributed by atoms with Crippen LogP contribution in [0.1, 0.15) is 0 Å². The van der Waals surface area contributed by atoms with Crippen molar-refractivity contribution in [1.29, 1.82) is 0 Å². The number of hydrogen-bond donors (Lipinski definition) is 0. The quantitative estimate of drug-likeness (QED) is 0.633. The minimum absolute atomic E-state index is 0. The van der Waals surface area contributed by atoms with E-state index in [1.807, 2.05) is 18.2 Å². The maximum Gasteiger partial charge on any atom is 0.0461 e. The van der Waals surface area contributed by atoms with Gasteiger partial charge < -0.3 is 4.90 Å². The van der Waals surface area contributed by atoms with E-state index in [1.165, 1.54) is 17.1 Å². The molecule has 0 spiro atoms. The maximum atomic E-state index is 2.25. The van der Waals surface area contributed by atoms with Crippen LogP contribution in [0.5, 0.6) is 0 Å². The van der Waals surface area contributed by atoms with Crippen molar-refractivity contribution in [2.75, 3.05) is 4.90 Å². The molecular weight excluding hydrogens is 239 g/mol. The van der Waals surface area contributed by atoms with E-state index in [0.29, 0.717) is 0 Å². The van der Waals surface area contributed by atoms with Crippen LogP contribution in [0.15, 0.2) is 91.0 Å². The normalized spacial score (nSPS) is 9.60. The van der Waals surface area contributed by atoms with Gasteiger partial charge in [-0.05, 0) is 36.4 Å². The van der Waals surface area contributed by atoms with E-state index < -0.39 is 0 Å². The molecule has 1 nitrogen and oxygen atoms in total. The molecular formula is C18H17BeN. The van der Waals surface area contributed by atoms with Gasteiger partial charge in [-0.25, -0.2) is 0 Å². The Labute approximate surface area is 123 Å². The second-order valence-electron chi connectivity index (χ2n) is 4.34. The summed E-state index contributed by atoms with van der Waals surface area (Å²) in [6.07, 6.45) is 0. The van der Waals surface area contributed by atoms with Crippen LogP contribution in [0.3, 0.4) is 0 Å². The second kappa shape index (κ2) is 6.70. The van der Waals surface area contributed by atoms with Crippen molar-refractivity contribution >= 4 is 27.2 Å². The predicted octanol–water partition coefficient (Wildman–Crippen LogP) is 4.24. The van der Waals surface area contributed by atoms with E-state index in [1.54, 1.807) is 0 Å². The maximum absolute atomic E-state index is 2.25. The monoisotopic (exact) mass is 256 g/mol. The molecule has 20 heavy (non-hydrogen) atoms. The van der Waals surface area contributed by atoms with Crippen molar-refractivity contribution in [3.63, 3.8) is 0 Å². The number of rotatable bonds is 3.